The summed E-state index contributed by atoms with van der Waals surface area (Å²) in [5.74, 6) is 4.53. The molecule has 0 aromatic rings. The Kier molecular flexibility index (Phi) is 4.46. The predicted molar refractivity (Wildman–Crippen MR) is 67.9 cm³/mol. The molecule has 17 heavy (non-hydrogen) atoms. The summed E-state index contributed by atoms with van der Waals surface area (Å²) < 4.78 is 0. The fourth-order valence-corrected chi connectivity index (χ4v) is 1.46. The fourth-order valence-electron chi connectivity index (χ4n) is 1.17. The Morgan fingerprint density at radius 2 is 1.94 bits per heavy atom. The standard InChI is InChI=1S/C7H8N2O.C6H3Cl/c1-3-5-9(6-4-2)7(8)10;7-6-3-4-1-2-5(4)6/h1-2H,5-6H2,(H2,8,10);1-3H. The van der Waals surface area contributed by atoms with Crippen LogP contribution in [-0.4, -0.2) is 24.0 Å². The lowest BCUT2D eigenvalue weighted by atomic mass is 10.1. The second-order valence-electron chi connectivity index (χ2n) is 3.30. The van der Waals surface area contributed by atoms with Crippen LogP contribution >= 0.6 is 11.6 Å². The van der Waals surface area contributed by atoms with E-state index in [1.165, 1.54) is 15.3 Å². The summed E-state index contributed by atoms with van der Waals surface area (Å²) in [6, 6.07) is 5.46. The Bertz CT molecular complexity index is 579. The van der Waals surface area contributed by atoms with Crippen molar-refractivity contribution in [3.63, 3.8) is 0 Å². The zero-order valence-electron chi connectivity index (χ0n) is 9.11. The molecule has 2 amide bonds. The van der Waals surface area contributed by atoms with Gasteiger partial charge in [0.25, 0.3) is 0 Å². The van der Waals surface area contributed by atoms with Gasteiger partial charge in [0.2, 0.25) is 0 Å². The van der Waals surface area contributed by atoms with Gasteiger partial charge in [0.05, 0.1) is 13.1 Å². The van der Waals surface area contributed by atoms with Gasteiger partial charge in [-0.3, -0.25) is 0 Å². The van der Waals surface area contributed by atoms with Crippen LogP contribution in [0.5, 0.6) is 0 Å². The Balaban J connectivity index is 0.000000177. The van der Waals surface area contributed by atoms with E-state index in [4.69, 9.17) is 30.2 Å². The summed E-state index contributed by atoms with van der Waals surface area (Å²) in [6.45, 7) is 0.332. The van der Waals surface area contributed by atoms with Gasteiger partial charge in [0, 0.05) is 10.2 Å². The third-order valence-electron chi connectivity index (χ3n) is 2.16. The highest BCUT2D eigenvalue weighted by Gasteiger charge is 2.03. The number of carbonyl (C=O) groups excluding carboxylic acids is 1. The van der Waals surface area contributed by atoms with Gasteiger partial charge in [0.1, 0.15) is 0 Å². The highest BCUT2D eigenvalue weighted by molar-refractivity contribution is 6.31. The van der Waals surface area contributed by atoms with E-state index < -0.39 is 6.03 Å². The third kappa shape index (κ3) is 3.17. The molecule has 0 spiro atoms. The second kappa shape index (κ2) is 5.84. The fraction of sp³-hybridized carbons (Fsp3) is 0.154. The summed E-state index contributed by atoms with van der Waals surface area (Å²) in [6.07, 6.45) is 9.86. The van der Waals surface area contributed by atoms with Gasteiger partial charge in [-0.15, -0.1) is 12.8 Å². The predicted octanol–water partition coefficient (Wildman–Crippen LogP) is 1.57. The summed E-state index contributed by atoms with van der Waals surface area (Å²) in [4.78, 5) is 11.6. The van der Waals surface area contributed by atoms with Gasteiger partial charge in [-0.1, -0.05) is 35.6 Å². The lowest BCUT2D eigenvalue weighted by molar-refractivity contribution is 0.219. The van der Waals surface area contributed by atoms with Crippen LogP contribution in [0.15, 0.2) is 18.2 Å². The first-order valence-corrected chi connectivity index (χ1v) is 5.19. The van der Waals surface area contributed by atoms with E-state index >= 15 is 0 Å². The molecule has 2 aliphatic rings. The van der Waals surface area contributed by atoms with E-state index in [1.807, 2.05) is 12.1 Å². The van der Waals surface area contributed by atoms with Crippen molar-refractivity contribution in [3.05, 3.63) is 33.7 Å². The maximum absolute atomic E-state index is 10.4. The molecule has 0 radical (unpaired) electrons. The Morgan fingerprint density at radius 1 is 1.35 bits per heavy atom. The number of hydrogen-bond donors (Lipinski definition) is 1. The van der Waals surface area contributed by atoms with E-state index in [0.29, 0.717) is 0 Å². The first kappa shape index (κ1) is 13.0. The lowest BCUT2D eigenvalue weighted by Crippen LogP contribution is -2.36. The van der Waals surface area contributed by atoms with Crippen molar-refractivity contribution in [3.8, 4) is 24.7 Å². The number of carbonyl (C=O) groups is 1. The maximum atomic E-state index is 10.4. The smallest absolute Gasteiger partial charge is 0.316 e. The largest absolute Gasteiger partial charge is 0.351 e. The molecule has 86 valence electrons. The number of benzene rings is 1. The summed E-state index contributed by atoms with van der Waals surface area (Å²) in [5.41, 5.74) is 4.90. The molecule has 0 unspecified atom stereocenters. The van der Waals surface area contributed by atoms with Crippen LogP contribution in [-0.2, 0) is 0 Å². The number of halogens is 1. The topological polar surface area (TPSA) is 46.3 Å². The van der Waals surface area contributed by atoms with Crippen LogP contribution in [0.4, 0.5) is 4.79 Å². The first-order valence-electron chi connectivity index (χ1n) is 4.81. The summed E-state index contributed by atoms with van der Waals surface area (Å²) in [7, 11) is 0. The molecule has 0 saturated carbocycles. The summed E-state index contributed by atoms with van der Waals surface area (Å²) >= 11 is 5.60. The molecule has 2 rings (SSSR count). The van der Waals surface area contributed by atoms with Crippen molar-refractivity contribution >= 4 is 17.6 Å². The second-order valence-corrected chi connectivity index (χ2v) is 3.70. The monoisotopic (exact) mass is 246 g/mol. The van der Waals surface area contributed by atoms with Crippen molar-refractivity contribution in [2.75, 3.05) is 13.1 Å². The highest BCUT2D eigenvalue weighted by atomic mass is 35.5. The SMILES string of the molecule is C#CCN(CC#C)C(N)=O.Clc1cc2ccc1=2. The van der Waals surface area contributed by atoms with Crippen LogP contribution in [0.25, 0.3) is 0 Å². The first-order chi connectivity index (χ1) is 8.10. The molecule has 2 N–H and O–H groups in total. The zero-order valence-corrected chi connectivity index (χ0v) is 9.87. The van der Waals surface area contributed by atoms with Gasteiger partial charge in [-0.05, 0) is 11.3 Å². The number of hydrogen-bond acceptors (Lipinski definition) is 1. The minimum absolute atomic E-state index is 0.166. The minimum Gasteiger partial charge on any atom is -0.351 e. The molecule has 3 nitrogen and oxygen atoms in total. The number of terminal acetylenes is 2. The molecule has 0 atom stereocenters. The van der Waals surface area contributed by atoms with Gasteiger partial charge in [0.15, 0.2) is 0 Å². The van der Waals surface area contributed by atoms with Crippen LogP contribution in [0, 0.1) is 35.1 Å². The average molecular weight is 247 g/mol. The molecule has 4 heteroatoms. The van der Waals surface area contributed by atoms with E-state index in [9.17, 15) is 4.79 Å². The molecule has 0 aromatic carbocycles. The number of urea groups is 1. The molecule has 0 saturated heterocycles. The van der Waals surface area contributed by atoms with Crippen molar-refractivity contribution in [2.45, 2.75) is 0 Å². The van der Waals surface area contributed by atoms with Crippen molar-refractivity contribution in [1.82, 2.24) is 4.90 Å². The van der Waals surface area contributed by atoms with Gasteiger partial charge in [-0.25, -0.2) is 4.79 Å². The third-order valence-corrected chi connectivity index (χ3v) is 2.47. The average Bonchev–Trinajstić information content (AvgIpc) is 2.26. The summed E-state index contributed by atoms with van der Waals surface area (Å²) in [5, 5.41) is 3.46. The molecular formula is C13H11ClN2O. The molecule has 0 aliphatic heterocycles. The zero-order chi connectivity index (χ0) is 12.8. The molecule has 0 bridgehead atoms. The number of nitrogens with zero attached hydrogens (tertiary/aromatic N) is 1. The maximum Gasteiger partial charge on any atom is 0.316 e. The molecule has 0 fully saturated rings. The van der Waals surface area contributed by atoms with Gasteiger partial charge in [-0.2, -0.15) is 0 Å². The lowest BCUT2D eigenvalue weighted by Gasteiger charge is -2.12. The van der Waals surface area contributed by atoms with Crippen LogP contribution < -0.4 is 5.73 Å². The Hall–Kier alpha value is -2.10. The molecular weight excluding hydrogens is 236 g/mol. The highest BCUT2D eigenvalue weighted by Crippen LogP contribution is 2.20. The number of amides is 2. The van der Waals surface area contributed by atoms with Crippen LogP contribution in [0.1, 0.15) is 0 Å². The van der Waals surface area contributed by atoms with Crippen LogP contribution in [0.3, 0.4) is 0 Å². The van der Waals surface area contributed by atoms with Crippen molar-refractivity contribution < 1.29 is 4.79 Å². The van der Waals surface area contributed by atoms with E-state index in [-0.39, 0.29) is 13.1 Å². The molecule has 0 aromatic heterocycles. The number of rotatable bonds is 2. The Morgan fingerprint density at radius 3 is 2.06 bits per heavy atom. The molecule has 0 heterocycles. The van der Waals surface area contributed by atoms with Gasteiger partial charge >= 0.3 is 6.03 Å². The number of primary amides is 1. The van der Waals surface area contributed by atoms with E-state index in [0.717, 1.165) is 5.02 Å². The van der Waals surface area contributed by atoms with Crippen molar-refractivity contribution in [1.29, 1.82) is 0 Å². The van der Waals surface area contributed by atoms with Crippen LogP contribution in [0.2, 0.25) is 5.02 Å². The van der Waals surface area contributed by atoms with E-state index in [2.05, 4.69) is 17.9 Å². The normalized spacial score (nSPS) is 9.12. The molecule has 2 aliphatic carbocycles. The Labute approximate surface area is 105 Å². The van der Waals surface area contributed by atoms with Crippen molar-refractivity contribution in [2.24, 2.45) is 5.73 Å². The quantitative estimate of drug-likeness (QED) is 0.804. The van der Waals surface area contributed by atoms with Gasteiger partial charge < -0.3 is 10.6 Å². The minimum atomic E-state index is -0.587. The number of nitrogens with two attached hydrogens (primary N) is 1. The van der Waals surface area contributed by atoms with E-state index in [1.54, 1.807) is 0 Å².